The lowest BCUT2D eigenvalue weighted by atomic mass is 9.96. The number of benzene rings is 2. The molecule has 0 bridgehead atoms. The maximum Gasteiger partial charge on any atom is 0.256 e. The Hall–Kier alpha value is -2.77. The first-order valence-electron chi connectivity index (χ1n) is 10.2. The second-order valence-electron chi connectivity index (χ2n) is 7.68. The number of para-hydroxylation sites is 1. The average Bonchev–Trinajstić information content (AvgIpc) is 2.79. The van der Waals surface area contributed by atoms with E-state index in [-0.39, 0.29) is 16.5 Å². The van der Waals surface area contributed by atoms with Crippen molar-refractivity contribution in [2.45, 2.75) is 43.0 Å². The molecule has 1 aliphatic carbocycles. The van der Waals surface area contributed by atoms with Gasteiger partial charge < -0.3 is 5.32 Å². The van der Waals surface area contributed by atoms with E-state index in [9.17, 15) is 13.2 Å². The second kappa shape index (κ2) is 8.53. The van der Waals surface area contributed by atoms with Gasteiger partial charge in [-0.1, -0.05) is 43.5 Å². The number of hydrogen-bond acceptors (Lipinski definition) is 4. The molecule has 1 fully saturated rings. The standard InChI is InChI=1S/C23H25N3O3S/c1-26(19-10-3-2-4-11-19)30(28,29)20-12-7-9-18(16-20)23(27)25-22-15-14-17-8-5-6-13-21(17)24-22/h5-9,12-16,19H,2-4,10-11H2,1H3,(H,24,25,27). The minimum atomic E-state index is -3.66. The molecule has 1 saturated carbocycles. The molecule has 1 N–H and O–H groups in total. The molecule has 3 aromatic rings. The van der Waals surface area contributed by atoms with E-state index in [0.29, 0.717) is 5.82 Å². The van der Waals surface area contributed by atoms with Gasteiger partial charge in [-0.05, 0) is 49.2 Å². The van der Waals surface area contributed by atoms with Crippen molar-refractivity contribution in [3.63, 3.8) is 0 Å². The zero-order valence-electron chi connectivity index (χ0n) is 16.9. The van der Waals surface area contributed by atoms with E-state index < -0.39 is 15.9 Å². The lowest BCUT2D eigenvalue weighted by Gasteiger charge is -2.30. The molecule has 0 saturated heterocycles. The van der Waals surface area contributed by atoms with Crippen LogP contribution in [0.4, 0.5) is 5.82 Å². The summed E-state index contributed by atoms with van der Waals surface area (Å²) in [5, 5.41) is 3.74. The molecule has 30 heavy (non-hydrogen) atoms. The molecule has 156 valence electrons. The second-order valence-corrected chi connectivity index (χ2v) is 9.68. The molecule has 2 aromatic carbocycles. The van der Waals surface area contributed by atoms with Crippen molar-refractivity contribution >= 4 is 32.7 Å². The fourth-order valence-corrected chi connectivity index (χ4v) is 5.39. The first kappa shape index (κ1) is 20.5. The van der Waals surface area contributed by atoms with Crippen molar-refractivity contribution in [3.8, 4) is 0 Å². The lowest BCUT2D eigenvalue weighted by molar-refractivity contribution is 0.102. The van der Waals surface area contributed by atoms with Crippen molar-refractivity contribution in [2.75, 3.05) is 12.4 Å². The van der Waals surface area contributed by atoms with Crippen molar-refractivity contribution < 1.29 is 13.2 Å². The average molecular weight is 424 g/mol. The predicted molar refractivity (Wildman–Crippen MR) is 118 cm³/mol. The van der Waals surface area contributed by atoms with Crippen LogP contribution in [0.25, 0.3) is 10.9 Å². The highest BCUT2D eigenvalue weighted by molar-refractivity contribution is 7.89. The number of nitrogens with one attached hydrogen (secondary N) is 1. The number of amides is 1. The summed E-state index contributed by atoms with van der Waals surface area (Å²) in [4.78, 5) is 17.3. The number of aromatic nitrogens is 1. The normalized spacial score (nSPS) is 15.4. The molecule has 0 unspecified atom stereocenters. The van der Waals surface area contributed by atoms with Gasteiger partial charge in [-0.15, -0.1) is 0 Å². The Morgan fingerprint density at radius 1 is 1.00 bits per heavy atom. The molecule has 0 radical (unpaired) electrons. The highest BCUT2D eigenvalue weighted by Gasteiger charge is 2.29. The maximum atomic E-state index is 13.1. The smallest absolute Gasteiger partial charge is 0.256 e. The fraction of sp³-hybridized carbons (Fsp3) is 0.304. The van der Waals surface area contributed by atoms with E-state index in [1.54, 1.807) is 31.3 Å². The number of sulfonamides is 1. The lowest BCUT2D eigenvalue weighted by Crippen LogP contribution is -2.38. The van der Waals surface area contributed by atoms with E-state index in [0.717, 1.165) is 43.0 Å². The van der Waals surface area contributed by atoms with Crippen LogP contribution in [0.5, 0.6) is 0 Å². The van der Waals surface area contributed by atoms with Gasteiger partial charge in [-0.25, -0.2) is 13.4 Å². The van der Waals surface area contributed by atoms with Crippen LogP contribution in [0.1, 0.15) is 42.5 Å². The van der Waals surface area contributed by atoms with E-state index >= 15 is 0 Å². The van der Waals surface area contributed by atoms with Gasteiger partial charge in [-0.3, -0.25) is 4.79 Å². The summed E-state index contributed by atoms with van der Waals surface area (Å²) in [6.45, 7) is 0. The number of pyridine rings is 1. The maximum absolute atomic E-state index is 13.1. The first-order valence-corrected chi connectivity index (χ1v) is 11.6. The van der Waals surface area contributed by atoms with Crippen LogP contribution in [0, 0.1) is 0 Å². The third-order valence-corrected chi connectivity index (χ3v) is 7.61. The Labute approximate surface area is 177 Å². The molecule has 1 aliphatic rings. The molecular formula is C23H25N3O3S. The van der Waals surface area contributed by atoms with Gasteiger partial charge in [0, 0.05) is 24.0 Å². The molecular weight excluding hydrogens is 398 g/mol. The molecule has 0 atom stereocenters. The number of nitrogens with zero attached hydrogens (tertiary/aromatic N) is 2. The van der Waals surface area contributed by atoms with Crippen LogP contribution in [0.2, 0.25) is 0 Å². The largest absolute Gasteiger partial charge is 0.307 e. The number of carbonyl (C=O) groups excluding carboxylic acids is 1. The Balaban J connectivity index is 1.55. The van der Waals surface area contributed by atoms with Crippen LogP contribution in [0.15, 0.2) is 65.6 Å². The van der Waals surface area contributed by atoms with Gasteiger partial charge in [0.15, 0.2) is 0 Å². The fourth-order valence-electron chi connectivity index (χ4n) is 3.93. The number of hydrogen-bond donors (Lipinski definition) is 1. The quantitative estimate of drug-likeness (QED) is 0.658. The SMILES string of the molecule is CN(C1CCCCC1)S(=O)(=O)c1cccc(C(=O)Nc2ccc3ccccc3n2)c1. The highest BCUT2D eigenvalue weighted by Crippen LogP contribution is 2.27. The van der Waals surface area contributed by atoms with E-state index in [1.165, 1.54) is 10.4 Å². The highest BCUT2D eigenvalue weighted by atomic mass is 32.2. The van der Waals surface area contributed by atoms with Crippen molar-refractivity contribution in [3.05, 3.63) is 66.2 Å². The topological polar surface area (TPSA) is 79.4 Å². The molecule has 0 spiro atoms. The summed E-state index contributed by atoms with van der Waals surface area (Å²) in [6, 6.07) is 17.5. The molecule has 6 nitrogen and oxygen atoms in total. The van der Waals surface area contributed by atoms with Gasteiger partial charge in [0.2, 0.25) is 10.0 Å². The zero-order chi connectivity index (χ0) is 21.1. The van der Waals surface area contributed by atoms with Crippen molar-refractivity contribution in [1.29, 1.82) is 0 Å². The van der Waals surface area contributed by atoms with Gasteiger partial charge in [0.05, 0.1) is 10.4 Å². The molecule has 1 aromatic heterocycles. The van der Waals surface area contributed by atoms with Gasteiger partial charge in [0.1, 0.15) is 5.82 Å². The Morgan fingerprint density at radius 3 is 2.57 bits per heavy atom. The first-order chi connectivity index (χ1) is 14.4. The zero-order valence-corrected chi connectivity index (χ0v) is 17.7. The number of rotatable bonds is 5. The van der Waals surface area contributed by atoms with E-state index in [4.69, 9.17) is 0 Å². The third kappa shape index (κ3) is 4.22. The summed E-state index contributed by atoms with van der Waals surface area (Å²) in [5.74, 6) is 0.0291. The molecule has 1 heterocycles. The molecule has 1 amide bonds. The minimum Gasteiger partial charge on any atom is -0.307 e. The molecule has 0 aliphatic heterocycles. The van der Waals surface area contributed by atoms with Gasteiger partial charge >= 0.3 is 0 Å². The van der Waals surface area contributed by atoms with Crippen LogP contribution >= 0.6 is 0 Å². The number of anilines is 1. The minimum absolute atomic E-state index is 0.0167. The van der Waals surface area contributed by atoms with E-state index in [1.807, 2.05) is 30.3 Å². The summed E-state index contributed by atoms with van der Waals surface area (Å²) in [5.41, 5.74) is 1.06. The summed E-state index contributed by atoms with van der Waals surface area (Å²) < 4.78 is 27.7. The number of fused-ring (bicyclic) bond motifs is 1. The van der Waals surface area contributed by atoms with Crippen LogP contribution in [0.3, 0.4) is 0 Å². The Kier molecular flexibility index (Phi) is 5.83. The van der Waals surface area contributed by atoms with Crippen LogP contribution in [-0.4, -0.2) is 36.7 Å². The van der Waals surface area contributed by atoms with Crippen molar-refractivity contribution in [1.82, 2.24) is 9.29 Å². The van der Waals surface area contributed by atoms with Crippen LogP contribution < -0.4 is 5.32 Å². The molecule has 7 heteroatoms. The summed E-state index contributed by atoms with van der Waals surface area (Å²) in [7, 11) is -2.02. The van der Waals surface area contributed by atoms with Crippen LogP contribution in [-0.2, 0) is 10.0 Å². The van der Waals surface area contributed by atoms with E-state index in [2.05, 4.69) is 10.3 Å². The summed E-state index contributed by atoms with van der Waals surface area (Å²) in [6.07, 6.45) is 5.01. The van der Waals surface area contributed by atoms with Crippen molar-refractivity contribution in [2.24, 2.45) is 0 Å². The molecule has 4 rings (SSSR count). The van der Waals surface area contributed by atoms with Gasteiger partial charge in [-0.2, -0.15) is 4.31 Å². The predicted octanol–water partition coefficient (Wildman–Crippen LogP) is 4.44. The number of carbonyl (C=O) groups is 1. The Morgan fingerprint density at radius 2 is 1.77 bits per heavy atom. The summed E-state index contributed by atoms with van der Waals surface area (Å²) >= 11 is 0. The van der Waals surface area contributed by atoms with Gasteiger partial charge in [0.25, 0.3) is 5.91 Å². The monoisotopic (exact) mass is 423 g/mol. The Bertz CT molecular complexity index is 1170. The third-order valence-electron chi connectivity index (χ3n) is 5.70.